The predicted molar refractivity (Wildman–Crippen MR) is 189 cm³/mol. The minimum absolute atomic E-state index is 0.00482. The van der Waals surface area contributed by atoms with Gasteiger partial charge in [0.1, 0.15) is 15.7 Å². The van der Waals surface area contributed by atoms with Crippen molar-refractivity contribution in [3.63, 3.8) is 0 Å². The van der Waals surface area contributed by atoms with E-state index < -0.39 is 62.1 Å². The van der Waals surface area contributed by atoms with Crippen LogP contribution in [0.2, 0.25) is 4.34 Å². The molecule has 0 bridgehead atoms. The molecule has 0 fully saturated rings. The maximum atomic E-state index is 14.7. The van der Waals surface area contributed by atoms with Gasteiger partial charge in [-0.25, -0.2) is 22.7 Å². The van der Waals surface area contributed by atoms with Crippen molar-refractivity contribution in [2.45, 2.75) is 36.1 Å². The molecular weight excluding hydrogens is 716 g/mol. The predicted octanol–water partition coefficient (Wildman–Crippen LogP) is 7.43. The summed E-state index contributed by atoms with van der Waals surface area (Å²) in [5.74, 6) is -4.38. The molecule has 0 saturated heterocycles. The third kappa shape index (κ3) is 7.80. The molecule has 1 atom stereocenters. The van der Waals surface area contributed by atoms with E-state index in [4.69, 9.17) is 16.3 Å². The number of carboxylic acid groups (broad SMARTS) is 2. The van der Waals surface area contributed by atoms with E-state index in [-0.39, 0.29) is 15.1 Å². The summed E-state index contributed by atoms with van der Waals surface area (Å²) in [4.78, 5) is 54.6. The van der Waals surface area contributed by atoms with Crippen molar-refractivity contribution in [3.05, 3.63) is 146 Å². The van der Waals surface area contributed by atoms with Crippen LogP contribution in [-0.2, 0) is 23.0 Å². The Labute approximate surface area is 301 Å². The Balaban J connectivity index is 1.42. The Morgan fingerprint density at radius 2 is 1.47 bits per heavy atom. The molecule has 1 aliphatic rings. The highest BCUT2D eigenvalue weighted by Crippen LogP contribution is 2.37. The maximum Gasteiger partial charge on any atom is 0.336 e. The summed E-state index contributed by atoms with van der Waals surface area (Å²) in [5, 5.41) is 20.4. The van der Waals surface area contributed by atoms with E-state index in [2.05, 4.69) is 0 Å². The summed E-state index contributed by atoms with van der Waals surface area (Å²) in [5.41, 5.74) is -0.127. The molecular formula is C37H29ClN2O9S2. The van der Waals surface area contributed by atoms with Gasteiger partial charge in [-0.2, -0.15) is 0 Å². The molecule has 260 valence electrons. The van der Waals surface area contributed by atoms with Crippen LogP contribution in [0.25, 0.3) is 0 Å². The summed E-state index contributed by atoms with van der Waals surface area (Å²) < 4.78 is 33.3. The number of para-hydroxylation sites is 1. The quantitative estimate of drug-likeness (QED) is 0.125. The van der Waals surface area contributed by atoms with Gasteiger partial charge in [0.2, 0.25) is 0 Å². The number of benzene rings is 4. The Kier molecular flexibility index (Phi) is 10.2. The Bertz CT molecular complexity index is 2270. The van der Waals surface area contributed by atoms with E-state index in [0.29, 0.717) is 40.9 Å². The lowest BCUT2D eigenvalue weighted by atomic mass is 9.86. The summed E-state index contributed by atoms with van der Waals surface area (Å²) in [7, 11) is -4.49. The van der Waals surface area contributed by atoms with Gasteiger partial charge in [-0.05, 0) is 84.5 Å². The van der Waals surface area contributed by atoms with Crippen LogP contribution < -0.4 is 9.46 Å². The number of halogens is 1. The minimum atomic E-state index is -4.49. The van der Waals surface area contributed by atoms with Crippen LogP contribution >= 0.6 is 22.9 Å². The first kappa shape index (κ1) is 35.3. The number of nitrogens with zero attached hydrogens (tertiary/aromatic N) is 1. The van der Waals surface area contributed by atoms with Gasteiger partial charge in [0.05, 0.1) is 32.6 Å². The third-order valence-corrected chi connectivity index (χ3v) is 11.4. The van der Waals surface area contributed by atoms with Crippen molar-refractivity contribution >= 4 is 56.7 Å². The molecule has 14 heteroatoms. The van der Waals surface area contributed by atoms with Crippen molar-refractivity contribution in [1.82, 2.24) is 9.62 Å². The number of carbonyl (C=O) groups excluding carboxylic acids is 2. The molecule has 4 aromatic carbocycles. The van der Waals surface area contributed by atoms with Crippen molar-refractivity contribution in [2.24, 2.45) is 0 Å². The number of hydrogen-bond donors (Lipinski definition) is 3. The smallest absolute Gasteiger partial charge is 0.336 e. The second-order valence-electron chi connectivity index (χ2n) is 11.6. The first-order valence-corrected chi connectivity index (χ1v) is 18.3. The van der Waals surface area contributed by atoms with Crippen molar-refractivity contribution in [3.8, 4) is 11.5 Å². The number of thiophene rings is 1. The maximum absolute atomic E-state index is 14.7. The Morgan fingerprint density at radius 3 is 2.18 bits per heavy atom. The number of ether oxygens (including phenoxy) is 1. The van der Waals surface area contributed by atoms with E-state index >= 15 is 0 Å². The van der Waals surface area contributed by atoms with Gasteiger partial charge in [0.25, 0.3) is 21.8 Å². The molecule has 0 saturated carbocycles. The molecule has 0 unspecified atom stereocenters. The lowest BCUT2D eigenvalue weighted by Crippen LogP contribution is -2.37. The molecule has 3 N–H and O–H groups in total. The average molecular weight is 745 g/mol. The van der Waals surface area contributed by atoms with E-state index in [1.54, 1.807) is 41.1 Å². The highest BCUT2D eigenvalue weighted by atomic mass is 35.5. The number of hydrogen-bond acceptors (Lipinski definition) is 8. The van der Waals surface area contributed by atoms with Crippen molar-refractivity contribution in [1.29, 1.82) is 0 Å². The molecule has 5 aromatic rings. The molecule has 0 spiro atoms. The standard InChI is InChI=1S/C37H29ClN2O9S2/c38-32-16-17-33(50-32)51(47,48)39-34(41)27-19-30(37(45)46)28(20-29(27)36(43)44)35(42)40(31-15-7-10-23-9-4-5-14-26(23)31)21-22-8-6-13-25(18-22)49-24-11-2-1-3-12-24/h1-6,8-9,11-14,16-20,31H,7,10,15,21H2,(H,39,41)(H,43,44)(H,45,46)/t31-/m0/s1. The van der Waals surface area contributed by atoms with E-state index in [9.17, 15) is 37.8 Å². The number of rotatable bonds is 11. The molecule has 2 amide bonds. The van der Waals surface area contributed by atoms with Crippen LogP contribution in [0, 0.1) is 0 Å². The molecule has 51 heavy (non-hydrogen) atoms. The summed E-state index contributed by atoms with van der Waals surface area (Å²) in [6.07, 6.45) is 2.06. The molecule has 1 aromatic heterocycles. The van der Waals surface area contributed by atoms with Crippen LogP contribution in [0.15, 0.2) is 107 Å². The normalized spacial score (nSPS) is 13.9. The highest BCUT2D eigenvalue weighted by molar-refractivity contribution is 7.92. The average Bonchev–Trinajstić information content (AvgIpc) is 3.57. The molecule has 1 aliphatic carbocycles. The van der Waals surface area contributed by atoms with Crippen LogP contribution in [0.3, 0.4) is 0 Å². The number of amides is 2. The van der Waals surface area contributed by atoms with Gasteiger partial charge in [0.15, 0.2) is 0 Å². The van der Waals surface area contributed by atoms with Crippen molar-refractivity contribution in [2.75, 3.05) is 0 Å². The van der Waals surface area contributed by atoms with Gasteiger partial charge in [0, 0.05) is 6.54 Å². The SMILES string of the molecule is O=C(O)c1cc(C(=O)N(Cc2cccc(Oc3ccccc3)c2)[C@H]2CCCc3ccccc32)c(C(=O)O)cc1C(=O)NS(=O)(=O)c1ccc(Cl)s1. The van der Waals surface area contributed by atoms with Crippen LogP contribution in [0.5, 0.6) is 11.5 Å². The molecule has 0 radical (unpaired) electrons. The number of aryl methyl sites for hydroxylation is 1. The van der Waals surface area contributed by atoms with Gasteiger partial charge in [-0.3, -0.25) is 9.59 Å². The first-order valence-electron chi connectivity index (χ1n) is 15.6. The van der Waals surface area contributed by atoms with Crippen LogP contribution in [0.1, 0.15) is 77.0 Å². The number of carboxylic acids is 2. The second kappa shape index (κ2) is 14.8. The number of sulfonamides is 1. The summed E-state index contributed by atoms with van der Waals surface area (Å²) in [6.45, 7) is -0.00482. The van der Waals surface area contributed by atoms with Crippen LogP contribution in [0.4, 0.5) is 0 Å². The monoisotopic (exact) mass is 744 g/mol. The van der Waals surface area contributed by atoms with Gasteiger partial charge in [-0.15, -0.1) is 11.3 Å². The number of nitrogens with one attached hydrogen (secondary N) is 1. The van der Waals surface area contributed by atoms with Gasteiger partial charge < -0.3 is 19.8 Å². The zero-order valence-electron chi connectivity index (χ0n) is 26.6. The summed E-state index contributed by atoms with van der Waals surface area (Å²) in [6, 6.07) is 27.3. The molecule has 1 heterocycles. The van der Waals surface area contributed by atoms with Crippen LogP contribution in [-0.4, -0.2) is 47.3 Å². The topological polar surface area (TPSA) is 167 Å². The second-order valence-corrected chi connectivity index (χ2v) is 15.3. The lowest BCUT2D eigenvalue weighted by molar-refractivity contribution is 0.0614. The fraction of sp³-hybridized carbons (Fsp3) is 0.135. The Morgan fingerprint density at radius 1 is 0.804 bits per heavy atom. The van der Waals surface area contributed by atoms with Gasteiger partial charge >= 0.3 is 11.9 Å². The zero-order valence-corrected chi connectivity index (χ0v) is 29.0. The molecule has 11 nitrogen and oxygen atoms in total. The summed E-state index contributed by atoms with van der Waals surface area (Å²) >= 11 is 6.51. The fourth-order valence-corrected chi connectivity index (χ4v) is 8.50. The highest BCUT2D eigenvalue weighted by Gasteiger charge is 2.34. The van der Waals surface area contributed by atoms with E-state index in [1.807, 2.05) is 42.5 Å². The third-order valence-electron chi connectivity index (χ3n) is 8.34. The van der Waals surface area contributed by atoms with E-state index in [0.717, 1.165) is 36.1 Å². The number of carbonyl (C=O) groups is 4. The number of fused-ring (bicyclic) bond motifs is 1. The molecule has 6 rings (SSSR count). The van der Waals surface area contributed by atoms with Gasteiger partial charge in [-0.1, -0.05) is 66.2 Å². The lowest BCUT2D eigenvalue weighted by Gasteiger charge is -2.36. The van der Waals surface area contributed by atoms with E-state index in [1.165, 1.54) is 11.0 Å². The molecule has 0 aliphatic heterocycles. The first-order chi connectivity index (χ1) is 24.4. The zero-order chi connectivity index (χ0) is 36.3. The largest absolute Gasteiger partial charge is 0.478 e. The minimum Gasteiger partial charge on any atom is -0.478 e. The Hall–Kier alpha value is -5.50. The number of aromatic carboxylic acids is 2. The fourth-order valence-electron chi connectivity index (χ4n) is 6.05. The van der Waals surface area contributed by atoms with Crippen molar-refractivity contribution < 1.29 is 42.5 Å².